The first-order valence-electron chi connectivity index (χ1n) is 6.51. The zero-order valence-electron chi connectivity index (χ0n) is 11.0. The van der Waals surface area contributed by atoms with Crippen LogP contribution in [0.5, 0.6) is 0 Å². The van der Waals surface area contributed by atoms with Crippen LogP contribution < -0.4 is 5.32 Å². The SMILES string of the molecule is CCC1(O)CN(CCC(=O)Nc2cccc(Cl)c2)C1. The summed E-state index contributed by atoms with van der Waals surface area (Å²) in [6.45, 7) is 3.97. The molecule has 0 atom stereocenters. The van der Waals surface area contributed by atoms with Crippen molar-refractivity contribution in [1.29, 1.82) is 0 Å². The maximum absolute atomic E-state index is 11.8. The van der Waals surface area contributed by atoms with Crippen LogP contribution in [0.3, 0.4) is 0 Å². The van der Waals surface area contributed by atoms with E-state index < -0.39 is 5.60 Å². The molecule has 1 saturated heterocycles. The number of aliphatic hydroxyl groups is 1. The number of hydrogen-bond acceptors (Lipinski definition) is 3. The molecule has 0 aliphatic carbocycles. The summed E-state index contributed by atoms with van der Waals surface area (Å²) in [6, 6.07) is 7.10. The van der Waals surface area contributed by atoms with Gasteiger partial charge in [0.05, 0.1) is 5.60 Å². The standard InChI is InChI=1S/C14H19ClN2O2/c1-2-14(19)9-17(10-14)7-6-13(18)16-12-5-3-4-11(15)8-12/h3-5,8,19H,2,6-7,9-10H2,1H3,(H,16,18). The summed E-state index contributed by atoms with van der Waals surface area (Å²) >= 11 is 5.85. The maximum atomic E-state index is 11.8. The van der Waals surface area contributed by atoms with Gasteiger partial charge in [-0.15, -0.1) is 0 Å². The molecule has 0 bridgehead atoms. The molecular weight excluding hydrogens is 264 g/mol. The number of carbonyl (C=O) groups excluding carboxylic acids is 1. The minimum absolute atomic E-state index is 0.0331. The highest BCUT2D eigenvalue weighted by atomic mass is 35.5. The van der Waals surface area contributed by atoms with Crippen LogP contribution in [0.1, 0.15) is 19.8 Å². The lowest BCUT2D eigenvalue weighted by Crippen LogP contribution is -2.61. The molecule has 0 aromatic heterocycles. The minimum atomic E-state index is -0.538. The molecule has 1 aromatic rings. The van der Waals surface area contributed by atoms with Gasteiger partial charge in [-0.25, -0.2) is 0 Å². The smallest absolute Gasteiger partial charge is 0.225 e. The van der Waals surface area contributed by atoms with E-state index in [2.05, 4.69) is 10.2 Å². The lowest BCUT2D eigenvalue weighted by Gasteiger charge is -2.46. The fourth-order valence-corrected chi connectivity index (χ4v) is 2.41. The Morgan fingerprint density at radius 3 is 2.89 bits per heavy atom. The van der Waals surface area contributed by atoms with Crippen LogP contribution in [0.25, 0.3) is 0 Å². The van der Waals surface area contributed by atoms with Gasteiger partial charge in [-0.1, -0.05) is 24.6 Å². The van der Waals surface area contributed by atoms with Crippen molar-refractivity contribution < 1.29 is 9.90 Å². The predicted octanol–water partition coefficient (Wildman–Crippen LogP) is 2.13. The van der Waals surface area contributed by atoms with Crippen LogP contribution in [0, 0.1) is 0 Å². The molecule has 1 aliphatic heterocycles. The van der Waals surface area contributed by atoms with Crippen molar-refractivity contribution in [3.8, 4) is 0 Å². The third kappa shape index (κ3) is 3.93. The number of rotatable bonds is 5. The van der Waals surface area contributed by atoms with E-state index >= 15 is 0 Å². The quantitative estimate of drug-likeness (QED) is 0.870. The van der Waals surface area contributed by atoms with Gasteiger partial charge in [0.1, 0.15) is 0 Å². The Morgan fingerprint density at radius 2 is 2.26 bits per heavy atom. The molecule has 19 heavy (non-hydrogen) atoms. The molecule has 1 fully saturated rings. The average Bonchev–Trinajstić information content (AvgIpc) is 2.33. The van der Waals surface area contributed by atoms with Crippen LogP contribution in [0.15, 0.2) is 24.3 Å². The van der Waals surface area contributed by atoms with E-state index in [-0.39, 0.29) is 5.91 Å². The highest BCUT2D eigenvalue weighted by Gasteiger charge is 2.38. The van der Waals surface area contributed by atoms with E-state index in [0.717, 1.165) is 6.42 Å². The maximum Gasteiger partial charge on any atom is 0.225 e. The van der Waals surface area contributed by atoms with Crippen molar-refractivity contribution in [3.05, 3.63) is 29.3 Å². The topological polar surface area (TPSA) is 52.6 Å². The Labute approximate surface area is 118 Å². The number of amides is 1. The lowest BCUT2D eigenvalue weighted by molar-refractivity contribution is -0.121. The van der Waals surface area contributed by atoms with Crippen LogP contribution in [-0.4, -0.2) is 41.1 Å². The number of β-amino-alcohol motifs (C(OH)–C–C–N with tert-alkyl or cyclic N) is 1. The second kappa shape index (κ2) is 5.90. The van der Waals surface area contributed by atoms with E-state index in [1.165, 1.54) is 0 Å². The number of nitrogens with one attached hydrogen (secondary N) is 1. The molecule has 0 saturated carbocycles. The highest BCUT2D eigenvalue weighted by molar-refractivity contribution is 6.30. The number of carbonyl (C=O) groups is 1. The van der Waals surface area contributed by atoms with Crippen molar-refractivity contribution in [2.45, 2.75) is 25.4 Å². The molecule has 1 aliphatic rings. The van der Waals surface area contributed by atoms with E-state index in [0.29, 0.717) is 36.8 Å². The van der Waals surface area contributed by atoms with Crippen LogP contribution in [0.4, 0.5) is 5.69 Å². The third-order valence-corrected chi connectivity index (χ3v) is 3.69. The fraction of sp³-hybridized carbons (Fsp3) is 0.500. The van der Waals surface area contributed by atoms with Crippen molar-refractivity contribution >= 4 is 23.2 Å². The molecular formula is C14H19ClN2O2. The predicted molar refractivity (Wildman–Crippen MR) is 76.4 cm³/mol. The monoisotopic (exact) mass is 282 g/mol. The van der Waals surface area contributed by atoms with E-state index in [9.17, 15) is 9.90 Å². The normalized spacial score (nSPS) is 17.8. The zero-order chi connectivity index (χ0) is 13.9. The number of halogens is 1. The van der Waals surface area contributed by atoms with Gasteiger partial charge >= 0.3 is 0 Å². The Morgan fingerprint density at radius 1 is 1.53 bits per heavy atom. The first-order chi connectivity index (χ1) is 9.00. The number of benzene rings is 1. The zero-order valence-corrected chi connectivity index (χ0v) is 11.8. The van der Waals surface area contributed by atoms with Crippen LogP contribution >= 0.6 is 11.6 Å². The van der Waals surface area contributed by atoms with Crippen LogP contribution in [0.2, 0.25) is 5.02 Å². The Bertz CT molecular complexity index is 459. The number of likely N-dealkylation sites (tertiary alicyclic amines) is 1. The molecule has 1 heterocycles. The number of anilines is 1. The summed E-state index contributed by atoms with van der Waals surface area (Å²) in [5, 5.41) is 13.3. The van der Waals surface area contributed by atoms with Gasteiger partial charge in [-0.05, 0) is 24.6 Å². The molecule has 1 aromatic carbocycles. The van der Waals surface area contributed by atoms with Gasteiger partial charge in [0.25, 0.3) is 0 Å². The third-order valence-electron chi connectivity index (χ3n) is 3.46. The molecule has 2 N–H and O–H groups in total. The fourth-order valence-electron chi connectivity index (χ4n) is 2.22. The van der Waals surface area contributed by atoms with E-state index in [4.69, 9.17) is 11.6 Å². The van der Waals surface area contributed by atoms with E-state index in [1.807, 2.05) is 13.0 Å². The summed E-state index contributed by atoms with van der Waals surface area (Å²) in [5.41, 5.74) is 0.176. The molecule has 0 unspecified atom stereocenters. The molecule has 2 rings (SSSR count). The Balaban J connectivity index is 1.71. The molecule has 104 valence electrons. The molecule has 4 nitrogen and oxygen atoms in total. The Hall–Kier alpha value is -1.10. The van der Waals surface area contributed by atoms with Gasteiger partial charge in [0.2, 0.25) is 5.91 Å². The highest BCUT2D eigenvalue weighted by Crippen LogP contribution is 2.23. The largest absolute Gasteiger partial charge is 0.387 e. The van der Waals surface area contributed by atoms with Gasteiger partial charge < -0.3 is 10.4 Å². The van der Waals surface area contributed by atoms with Gasteiger partial charge in [-0.3, -0.25) is 9.69 Å². The minimum Gasteiger partial charge on any atom is -0.387 e. The summed E-state index contributed by atoms with van der Waals surface area (Å²) in [4.78, 5) is 13.8. The summed E-state index contributed by atoms with van der Waals surface area (Å²) in [7, 11) is 0. The second-order valence-corrected chi connectivity index (χ2v) is 5.53. The molecule has 0 radical (unpaired) electrons. The summed E-state index contributed by atoms with van der Waals surface area (Å²) < 4.78 is 0. The van der Waals surface area contributed by atoms with Gasteiger partial charge in [0, 0.05) is 36.8 Å². The van der Waals surface area contributed by atoms with Crippen molar-refractivity contribution in [2.24, 2.45) is 0 Å². The number of nitrogens with zero attached hydrogens (tertiary/aromatic N) is 1. The molecule has 5 heteroatoms. The van der Waals surface area contributed by atoms with Crippen molar-refractivity contribution in [2.75, 3.05) is 25.0 Å². The van der Waals surface area contributed by atoms with Crippen molar-refractivity contribution in [3.63, 3.8) is 0 Å². The second-order valence-electron chi connectivity index (χ2n) is 5.10. The first-order valence-corrected chi connectivity index (χ1v) is 6.89. The van der Waals surface area contributed by atoms with Crippen molar-refractivity contribution in [1.82, 2.24) is 4.90 Å². The van der Waals surface area contributed by atoms with Gasteiger partial charge in [-0.2, -0.15) is 0 Å². The van der Waals surface area contributed by atoms with Crippen LogP contribution in [-0.2, 0) is 4.79 Å². The van der Waals surface area contributed by atoms with Gasteiger partial charge in [0.15, 0.2) is 0 Å². The van der Waals surface area contributed by atoms with E-state index in [1.54, 1.807) is 18.2 Å². The summed E-state index contributed by atoms with van der Waals surface area (Å²) in [5.74, 6) is -0.0331. The molecule has 1 amide bonds. The lowest BCUT2D eigenvalue weighted by atomic mass is 9.91. The number of hydrogen-bond donors (Lipinski definition) is 2. The average molecular weight is 283 g/mol. The Kier molecular flexibility index (Phi) is 4.45. The molecule has 0 spiro atoms. The summed E-state index contributed by atoms with van der Waals surface area (Å²) in [6.07, 6.45) is 1.19. The first kappa shape index (κ1) is 14.3.